The van der Waals surface area contributed by atoms with Gasteiger partial charge in [-0.2, -0.15) is 0 Å². The minimum Gasteiger partial charge on any atom is -0.458 e. The molecule has 1 aliphatic heterocycles. The zero-order valence-electron chi connectivity index (χ0n) is 15.0. The number of fused-ring (bicyclic) bond motifs is 3. The molecule has 130 valence electrons. The van der Waals surface area contributed by atoms with Gasteiger partial charge in [-0.3, -0.25) is 0 Å². The van der Waals surface area contributed by atoms with E-state index in [0.717, 1.165) is 31.3 Å². The van der Waals surface area contributed by atoms with Crippen molar-refractivity contribution >= 4 is 11.9 Å². The van der Waals surface area contributed by atoms with Crippen molar-refractivity contribution in [3.63, 3.8) is 0 Å². The second-order valence-corrected chi connectivity index (χ2v) is 7.78. The van der Waals surface area contributed by atoms with Crippen LogP contribution >= 0.6 is 0 Å². The maximum absolute atomic E-state index is 12.2. The molecule has 1 saturated carbocycles. The number of hydrogen-bond acceptors (Lipinski definition) is 4. The van der Waals surface area contributed by atoms with Crippen LogP contribution in [0.5, 0.6) is 0 Å². The minimum absolute atomic E-state index is 0.0227. The molecule has 1 heterocycles. The van der Waals surface area contributed by atoms with Crippen molar-refractivity contribution < 1.29 is 19.1 Å². The Kier molecular flexibility index (Phi) is 4.18. The van der Waals surface area contributed by atoms with Crippen LogP contribution in [0, 0.1) is 11.8 Å². The van der Waals surface area contributed by atoms with E-state index in [4.69, 9.17) is 9.47 Å². The van der Waals surface area contributed by atoms with Gasteiger partial charge >= 0.3 is 11.9 Å². The summed E-state index contributed by atoms with van der Waals surface area (Å²) in [7, 11) is 0. The number of rotatable bonds is 2. The van der Waals surface area contributed by atoms with E-state index in [1.165, 1.54) is 17.2 Å². The summed E-state index contributed by atoms with van der Waals surface area (Å²) < 4.78 is 11.6. The van der Waals surface area contributed by atoms with Crippen LogP contribution in [0.4, 0.5) is 0 Å². The molecule has 24 heavy (non-hydrogen) atoms. The molecule has 0 aromatic carbocycles. The lowest BCUT2D eigenvalue weighted by molar-refractivity contribution is -0.161. The minimum atomic E-state index is -0.641. The molecule has 4 atom stereocenters. The quantitative estimate of drug-likeness (QED) is 0.438. The molecule has 0 bridgehead atoms. The second kappa shape index (κ2) is 5.91. The molecule has 0 N–H and O–H groups in total. The molecular formula is C20H26O4. The average Bonchev–Trinajstić information content (AvgIpc) is 2.88. The lowest BCUT2D eigenvalue weighted by atomic mass is 9.79. The van der Waals surface area contributed by atoms with Crippen LogP contribution in [0.2, 0.25) is 0 Å². The fourth-order valence-electron chi connectivity index (χ4n) is 4.50. The van der Waals surface area contributed by atoms with Gasteiger partial charge in [-0.1, -0.05) is 23.3 Å². The van der Waals surface area contributed by atoms with Gasteiger partial charge in [-0.05, 0) is 53.4 Å². The van der Waals surface area contributed by atoms with Crippen LogP contribution in [0.1, 0.15) is 53.4 Å². The molecule has 0 aromatic heterocycles. The van der Waals surface area contributed by atoms with Crippen molar-refractivity contribution in [1.82, 2.24) is 0 Å². The highest BCUT2D eigenvalue weighted by molar-refractivity contribution is 5.91. The van der Waals surface area contributed by atoms with Crippen molar-refractivity contribution in [3.05, 3.63) is 34.9 Å². The van der Waals surface area contributed by atoms with Crippen molar-refractivity contribution in [1.29, 1.82) is 0 Å². The summed E-state index contributed by atoms with van der Waals surface area (Å²) >= 11 is 0. The Labute approximate surface area is 143 Å². The molecule has 1 saturated heterocycles. The molecule has 0 spiro atoms. The predicted molar refractivity (Wildman–Crippen MR) is 91.1 cm³/mol. The maximum Gasteiger partial charge on any atom is 0.334 e. The lowest BCUT2D eigenvalue weighted by Gasteiger charge is -2.35. The summed E-state index contributed by atoms with van der Waals surface area (Å²) in [4.78, 5) is 24.3. The fourth-order valence-corrected chi connectivity index (χ4v) is 4.50. The third kappa shape index (κ3) is 2.72. The third-order valence-electron chi connectivity index (χ3n) is 5.72. The summed E-state index contributed by atoms with van der Waals surface area (Å²) in [5.41, 5.74) is 3.49. The average molecular weight is 330 g/mol. The molecule has 1 unspecified atom stereocenters. The Bertz CT molecular complexity index is 665. The first-order valence-electron chi connectivity index (χ1n) is 8.69. The van der Waals surface area contributed by atoms with Gasteiger partial charge in [0, 0.05) is 17.6 Å². The van der Waals surface area contributed by atoms with E-state index < -0.39 is 5.60 Å². The van der Waals surface area contributed by atoms with Crippen molar-refractivity contribution in [3.8, 4) is 0 Å². The first kappa shape index (κ1) is 17.0. The zero-order chi connectivity index (χ0) is 17.6. The van der Waals surface area contributed by atoms with E-state index in [1.54, 1.807) is 0 Å². The summed E-state index contributed by atoms with van der Waals surface area (Å²) in [6, 6.07) is 0. The van der Waals surface area contributed by atoms with Gasteiger partial charge in [0.05, 0.1) is 5.92 Å². The van der Waals surface area contributed by atoms with Gasteiger partial charge in [0.1, 0.15) is 11.7 Å². The Balaban J connectivity index is 1.97. The fraction of sp³-hybridized carbons (Fsp3) is 0.600. The van der Waals surface area contributed by atoms with Crippen LogP contribution in [0.3, 0.4) is 0 Å². The standard InChI is InChI=1S/C20H26O4/c1-11(2)10-16(21)24-20(5)9-8-14-12(3)6-7-15-13(4)19(22)23-18(15)17(14)20/h10,15,17-18H,4,6-9H2,1-3,5H3/t15-,17?,18-,20+/m0/s1. The van der Waals surface area contributed by atoms with Crippen molar-refractivity contribution in [2.75, 3.05) is 0 Å². The smallest absolute Gasteiger partial charge is 0.334 e. The third-order valence-corrected chi connectivity index (χ3v) is 5.72. The molecular weight excluding hydrogens is 304 g/mol. The molecule has 0 amide bonds. The number of esters is 2. The van der Waals surface area contributed by atoms with Crippen LogP contribution in [0.25, 0.3) is 0 Å². The molecule has 2 aliphatic carbocycles. The molecule has 0 aromatic rings. The Morgan fingerprint density at radius 3 is 2.75 bits per heavy atom. The van der Waals surface area contributed by atoms with Crippen LogP contribution in [-0.2, 0) is 19.1 Å². The summed E-state index contributed by atoms with van der Waals surface area (Å²) in [6.45, 7) is 11.8. The molecule has 3 aliphatic rings. The highest BCUT2D eigenvalue weighted by Gasteiger charge is 2.56. The van der Waals surface area contributed by atoms with E-state index in [1.807, 2.05) is 20.8 Å². The number of hydrogen-bond donors (Lipinski definition) is 0. The van der Waals surface area contributed by atoms with E-state index in [9.17, 15) is 9.59 Å². The van der Waals surface area contributed by atoms with Gasteiger partial charge in [0.25, 0.3) is 0 Å². The first-order chi connectivity index (χ1) is 11.2. The van der Waals surface area contributed by atoms with Gasteiger partial charge < -0.3 is 9.47 Å². The van der Waals surface area contributed by atoms with Crippen LogP contribution < -0.4 is 0 Å². The van der Waals surface area contributed by atoms with Gasteiger partial charge in [-0.15, -0.1) is 0 Å². The highest BCUT2D eigenvalue weighted by Crippen LogP contribution is 2.53. The summed E-state index contributed by atoms with van der Waals surface area (Å²) in [5, 5.41) is 0. The van der Waals surface area contributed by atoms with E-state index in [-0.39, 0.29) is 29.9 Å². The molecule has 0 radical (unpaired) electrons. The molecule has 2 fully saturated rings. The number of allylic oxidation sites excluding steroid dienone is 2. The Hall–Kier alpha value is -1.84. The molecule has 3 rings (SSSR count). The van der Waals surface area contributed by atoms with Gasteiger partial charge in [0.2, 0.25) is 0 Å². The van der Waals surface area contributed by atoms with Gasteiger partial charge in [0.15, 0.2) is 0 Å². The van der Waals surface area contributed by atoms with E-state index >= 15 is 0 Å². The number of carbonyl (C=O) groups excluding carboxylic acids is 2. The van der Waals surface area contributed by atoms with Crippen LogP contribution in [0.15, 0.2) is 34.9 Å². The van der Waals surface area contributed by atoms with Crippen molar-refractivity contribution in [2.24, 2.45) is 11.8 Å². The number of ether oxygens (including phenoxy) is 2. The summed E-state index contributed by atoms with van der Waals surface area (Å²) in [5.74, 6) is -0.661. The normalized spacial score (nSPS) is 35.1. The Morgan fingerprint density at radius 2 is 2.08 bits per heavy atom. The maximum atomic E-state index is 12.2. The largest absolute Gasteiger partial charge is 0.458 e. The highest BCUT2D eigenvalue weighted by atomic mass is 16.6. The lowest BCUT2D eigenvalue weighted by Crippen LogP contribution is -2.43. The zero-order valence-corrected chi connectivity index (χ0v) is 15.0. The van der Waals surface area contributed by atoms with Crippen molar-refractivity contribution in [2.45, 2.75) is 65.1 Å². The topological polar surface area (TPSA) is 52.6 Å². The second-order valence-electron chi connectivity index (χ2n) is 7.78. The van der Waals surface area contributed by atoms with E-state index in [0.29, 0.717) is 5.57 Å². The van der Waals surface area contributed by atoms with Gasteiger partial charge in [-0.25, -0.2) is 9.59 Å². The SMILES string of the molecule is C=C1C(=O)O[C@@H]2C3C(=C(C)CC[C@@H]12)CC[C@@]3(C)OC(=O)C=C(C)C. The first-order valence-corrected chi connectivity index (χ1v) is 8.69. The Morgan fingerprint density at radius 1 is 1.38 bits per heavy atom. The monoisotopic (exact) mass is 330 g/mol. The molecule has 4 nitrogen and oxygen atoms in total. The van der Waals surface area contributed by atoms with E-state index in [2.05, 4.69) is 13.5 Å². The number of carbonyl (C=O) groups is 2. The summed E-state index contributed by atoms with van der Waals surface area (Å²) in [6.07, 6.45) is 4.74. The van der Waals surface area contributed by atoms with Crippen LogP contribution in [-0.4, -0.2) is 23.6 Å². The predicted octanol–water partition coefficient (Wildman–Crippen LogP) is 3.87. The molecule has 4 heteroatoms.